The molecule has 0 aromatic rings. The maximum atomic E-state index is 8.81. The molecule has 0 rings (SSSR count). The fourth-order valence-electron chi connectivity index (χ4n) is 0.476. The van der Waals surface area contributed by atoms with Crippen LogP contribution in [0.2, 0.25) is 0 Å². The molecule has 0 aliphatic rings. The van der Waals surface area contributed by atoms with E-state index < -0.39 is 0 Å². The maximum absolute atomic E-state index is 8.81. The molecule has 5 N–H and O–H groups in total. The zero-order chi connectivity index (χ0) is 8.85. The van der Waals surface area contributed by atoms with Gasteiger partial charge in [0.15, 0.2) is 5.88 Å². The number of rotatable bonds is 3. The molecule has 0 saturated carbocycles. The first-order valence-corrected chi connectivity index (χ1v) is 3.02. The molecule has 0 spiro atoms. The molecule has 0 unspecified atom stereocenters. The van der Waals surface area contributed by atoms with Crippen molar-refractivity contribution < 1.29 is 5.11 Å². The van der Waals surface area contributed by atoms with E-state index >= 15 is 0 Å². The minimum atomic E-state index is -0.301. The van der Waals surface area contributed by atoms with Gasteiger partial charge in [0.05, 0.1) is 0 Å². The van der Waals surface area contributed by atoms with Crippen molar-refractivity contribution in [2.24, 2.45) is 11.5 Å². The molecule has 60 valence electrons. The minimum absolute atomic E-state index is 0.301. The summed E-state index contributed by atoms with van der Waals surface area (Å²) in [5.41, 5.74) is 11.3. The summed E-state index contributed by atoms with van der Waals surface area (Å²) in [6.45, 7) is 6.87. The van der Waals surface area contributed by atoms with Gasteiger partial charge in [-0.05, 0) is 12.2 Å². The number of hydrogen-bond acceptors (Lipinski definition) is 3. The molecular weight excluding hydrogens is 140 g/mol. The lowest BCUT2D eigenvalue weighted by molar-refractivity contribution is 0.402. The third-order valence-corrected chi connectivity index (χ3v) is 1.07. The summed E-state index contributed by atoms with van der Waals surface area (Å²) in [6, 6.07) is 0. The van der Waals surface area contributed by atoms with Crippen LogP contribution in [0.5, 0.6) is 0 Å². The van der Waals surface area contributed by atoms with Crippen molar-refractivity contribution in [2.45, 2.75) is 0 Å². The Morgan fingerprint density at radius 1 is 1.18 bits per heavy atom. The van der Waals surface area contributed by atoms with E-state index in [2.05, 4.69) is 13.2 Å². The smallest absolute Gasteiger partial charge is 0.189 e. The van der Waals surface area contributed by atoms with Gasteiger partial charge in [-0.25, -0.2) is 0 Å². The van der Waals surface area contributed by atoms with Crippen molar-refractivity contribution in [3.63, 3.8) is 0 Å². The molecule has 3 heteroatoms. The Morgan fingerprint density at radius 2 is 1.73 bits per heavy atom. The standard InChI is InChI=1S/C8H12N2O/c1-3-6(8(10)11)5-7(9)4-2/h3-5,11H,1-2,9-10H2/b7-5+,8-6+. The Balaban J connectivity index is 4.71. The molecule has 0 aliphatic carbocycles. The topological polar surface area (TPSA) is 72.3 Å². The SMILES string of the molecule is C=C/C(N)=C\C(C=C)=C(/N)O. The molecule has 11 heavy (non-hydrogen) atoms. The monoisotopic (exact) mass is 152 g/mol. The molecule has 0 aromatic heterocycles. The highest BCUT2D eigenvalue weighted by Crippen LogP contribution is 2.02. The van der Waals surface area contributed by atoms with E-state index in [0.717, 1.165) is 0 Å². The van der Waals surface area contributed by atoms with Crippen molar-refractivity contribution in [3.8, 4) is 0 Å². The van der Waals surface area contributed by atoms with Crippen LogP contribution in [0.15, 0.2) is 48.5 Å². The molecule has 3 nitrogen and oxygen atoms in total. The minimum Gasteiger partial charge on any atom is -0.495 e. The second-order valence-electron chi connectivity index (χ2n) is 1.89. The Kier molecular flexibility index (Phi) is 3.59. The van der Waals surface area contributed by atoms with Crippen LogP contribution in [0.3, 0.4) is 0 Å². The highest BCUT2D eigenvalue weighted by atomic mass is 16.3. The Hall–Kier alpha value is -1.64. The summed E-state index contributed by atoms with van der Waals surface area (Å²) in [7, 11) is 0. The normalized spacial score (nSPS) is 13.6. The van der Waals surface area contributed by atoms with Gasteiger partial charge in [0.1, 0.15) is 0 Å². The summed E-state index contributed by atoms with van der Waals surface area (Å²) in [5, 5.41) is 8.81. The van der Waals surface area contributed by atoms with Crippen LogP contribution in [-0.2, 0) is 0 Å². The summed E-state index contributed by atoms with van der Waals surface area (Å²) in [6.07, 6.45) is 4.34. The number of aliphatic hydroxyl groups excluding tert-OH is 1. The highest BCUT2D eigenvalue weighted by Gasteiger charge is 1.92. The van der Waals surface area contributed by atoms with Crippen molar-refractivity contribution in [1.29, 1.82) is 0 Å². The van der Waals surface area contributed by atoms with Gasteiger partial charge in [-0.3, -0.25) is 0 Å². The average molecular weight is 152 g/mol. The number of nitrogens with two attached hydrogens (primary N) is 2. The Labute approximate surface area is 66.0 Å². The van der Waals surface area contributed by atoms with Crippen molar-refractivity contribution in [3.05, 3.63) is 48.5 Å². The van der Waals surface area contributed by atoms with Crippen LogP contribution in [0.25, 0.3) is 0 Å². The lowest BCUT2D eigenvalue weighted by Crippen LogP contribution is -2.00. The maximum Gasteiger partial charge on any atom is 0.189 e. The van der Waals surface area contributed by atoms with E-state index in [4.69, 9.17) is 16.6 Å². The van der Waals surface area contributed by atoms with Gasteiger partial charge in [0.2, 0.25) is 0 Å². The predicted molar refractivity (Wildman–Crippen MR) is 46.5 cm³/mol. The molecular formula is C8H12N2O. The first-order chi connectivity index (χ1) is 5.11. The van der Waals surface area contributed by atoms with Crippen molar-refractivity contribution >= 4 is 0 Å². The molecule has 0 aromatic carbocycles. The Bertz CT molecular complexity index is 222. The molecule has 0 aliphatic heterocycles. The molecule has 0 bridgehead atoms. The van der Waals surface area contributed by atoms with Crippen LogP contribution >= 0.6 is 0 Å². The van der Waals surface area contributed by atoms with E-state index in [1.54, 1.807) is 0 Å². The fraction of sp³-hybridized carbons (Fsp3) is 0. The van der Waals surface area contributed by atoms with Crippen LogP contribution in [0.4, 0.5) is 0 Å². The number of allylic oxidation sites excluding steroid dienone is 4. The van der Waals surface area contributed by atoms with Crippen LogP contribution in [0, 0.1) is 0 Å². The number of hydrogen-bond donors (Lipinski definition) is 3. The average Bonchev–Trinajstić information content (AvgIpc) is 1.99. The van der Waals surface area contributed by atoms with Crippen LogP contribution < -0.4 is 11.5 Å². The third kappa shape index (κ3) is 3.15. The van der Waals surface area contributed by atoms with E-state index in [9.17, 15) is 0 Å². The van der Waals surface area contributed by atoms with Gasteiger partial charge < -0.3 is 16.6 Å². The molecule has 0 heterocycles. The van der Waals surface area contributed by atoms with Crippen molar-refractivity contribution in [2.75, 3.05) is 0 Å². The first-order valence-electron chi connectivity index (χ1n) is 3.02. The molecule has 0 radical (unpaired) electrons. The second kappa shape index (κ2) is 4.22. The predicted octanol–water partition coefficient (Wildman–Crippen LogP) is 0.929. The quantitative estimate of drug-likeness (QED) is 0.416. The van der Waals surface area contributed by atoms with E-state index in [0.29, 0.717) is 11.3 Å². The first kappa shape index (κ1) is 9.36. The van der Waals surface area contributed by atoms with Gasteiger partial charge in [-0.15, -0.1) is 0 Å². The Morgan fingerprint density at radius 3 is 2.00 bits per heavy atom. The lowest BCUT2D eigenvalue weighted by atomic mass is 10.2. The van der Waals surface area contributed by atoms with Gasteiger partial charge >= 0.3 is 0 Å². The summed E-state index contributed by atoms with van der Waals surface area (Å²) in [4.78, 5) is 0. The van der Waals surface area contributed by atoms with Gasteiger partial charge in [-0.2, -0.15) is 0 Å². The van der Waals surface area contributed by atoms with E-state index in [1.165, 1.54) is 18.2 Å². The zero-order valence-electron chi connectivity index (χ0n) is 6.25. The molecule has 0 saturated heterocycles. The van der Waals surface area contributed by atoms with Crippen molar-refractivity contribution in [1.82, 2.24) is 0 Å². The lowest BCUT2D eigenvalue weighted by Gasteiger charge is -1.96. The fourth-order valence-corrected chi connectivity index (χ4v) is 0.476. The van der Waals surface area contributed by atoms with Gasteiger partial charge in [0.25, 0.3) is 0 Å². The third-order valence-electron chi connectivity index (χ3n) is 1.07. The number of aliphatic hydroxyl groups is 1. The molecule has 0 fully saturated rings. The summed E-state index contributed by atoms with van der Waals surface area (Å²) >= 11 is 0. The zero-order valence-corrected chi connectivity index (χ0v) is 6.25. The second-order valence-corrected chi connectivity index (χ2v) is 1.89. The summed E-state index contributed by atoms with van der Waals surface area (Å²) in [5.74, 6) is -0.301. The van der Waals surface area contributed by atoms with E-state index in [1.807, 2.05) is 0 Å². The van der Waals surface area contributed by atoms with Crippen LogP contribution in [0.1, 0.15) is 0 Å². The molecule has 0 amide bonds. The van der Waals surface area contributed by atoms with Gasteiger partial charge in [-0.1, -0.05) is 19.2 Å². The largest absolute Gasteiger partial charge is 0.495 e. The van der Waals surface area contributed by atoms with E-state index in [-0.39, 0.29) is 5.88 Å². The van der Waals surface area contributed by atoms with Gasteiger partial charge in [0, 0.05) is 11.3 Å². The summed E-state index contributed by atoms with van der Waals surface area (Å²) < 4.78 is 0. The molecule has 0 atom stereocenters. The highest BCUT2D eigenvalue weighted by molar-refractivity contribution is 5.35. The van der Waals surface area contributed by atoms with Crippen LogP contribution in [-0.4, -0.2) is 5.11 Å².